The van der Waals surface area contributed by atoms with E-state index >= 15 is 0 Å². The molecule has 1 saturated heterocycles. The Morgan fingerprint density at radius 2 is 1.91 bits per heavy atom. The maximum absolute atomic E-state index is 11.8. The molecule has 0 aliphatic carbocycles. The van der Waals surface area contributed by atoms with Crippen LogP contribution in [0.4, 0.5) is 5.69 Å². The van der Waals surface area contributed by atoms with Crippen LogP contribution < -0.4 is 0 Å². The zero-order valence-corrected chi connectivity index (χ0v) is 13.4. The standard InChI is InChI=1S/C15H14ClNO6/c1-15(2)22-13(19)10(14(20)23-15)7-17-8-4-5-9(11(16)6-8)12(18)21-3/h4-7,10H,1-3H3. The summed E-state index contributed by atoms with van der Waals surface area (Å²) in [5.74, 6) is -4.60. The highest BCUT2D eigenvalue weighted by molar-refractivity contribution is 6.33. The number of nitrogens with zero attached hydrogens (tertiary/aromatic N) is 1. The second kappa shape index (κ2) is 6.37. The van der Waals surface area contributed by atoms with Gasteiger partial charge in [-0.25, -0.2) is 4.79 Å². The minimum Gasteiger partial charge on any atom is -0.465 e. The third kappa shape index (κ3) is 3.87. The van der Waals surface area contributed by atoms with Gasteiger partial charge in [0.05, 0.1) is 23.4 Å². The van der Waals surface area contributed by atoms with Crippen LogP contribution in [0.15, 0.2) is 23.2 Å². The molecule has 1 aliphatic rings. The molecule has 1 heterocycles. The molecule has 1 aromatic carbocycles. The number of carbonyl (C=O) groups is 3. The van der Waals surface area contributed by atoms with Crippen molar-refractivity contribution >= 4 is 41.4 Å². The topological polar surface area (TPSA) is 91.3 Å². The van der Waals surface area contributed by atoms with Crippen LogP contribution in [0, 0.1) is 5.92 Å². The van der Waals surface area contributed by atoms with Crippen LogP contribution in [0.5, 0.6) is 0 Å². The second-order valence-electron chi connectivity index (χ2n) is 5.15. The van der Waals surface area contributed by atoms with E-state index in [2.05, 4.69) is 9.73 Å². The molecule has 0 spiro atoms. The molecular weight excluding hydrogens is 326 g/mol. The number of hydrogen-bond donors (Lipinski definition) is 0. The van der Waals surface area contributed by atoms with Gasteiger partial charge in [-0.2, -0.15) is 0 Å². The zero-order chi connectivity index (χ0) is 17.2. The Kier molecular flexibility index (Phi) is 4.70. The minimum atomic E-state index is -1.29. The van der Waals surface area contributed by atoms with Crippen LogP contribution in [-0.4, -0.2) is 37.0 Å². The average Bonchev–Trinajstić information content (AvgIpc) is 2.44. The number of esters is 3. The Hall–Kier alpha value is -2.41. The molecule has 0 aromatic heterocycles. The largest absolute Gasteiger partial charge is 0.465 e. The van der Waals surface area contributed by atoms with Gasteiger partial charge in [-0.1, -0.05) is 11.6 Å². The summed E-state index contributed by atoms with van der Waals surface area (Å²) >= 11 is 5.96. The molecule has 0 unspecified atom stereocenters. The van der Waals surface area contributed by atoms with E-state index in [0.29, 0.717) is 5.69 Å². The van der Waals surface area contributed by atoms with E-state index < -0.39 is 29.6 Å². The molecule has 7 nitrogen and oxygen atoms in total. The summed E-state index contributed by atoms with van der Waals surface area (Å²) in [5.41, 5.74) is 0.541. The van der Waals surface area contributed by atoms with Crippen LogP contribution >= 0.6 is 11.6 Å². The molecule has 0 bridgehead atoms. The van der Waals surface area contributed by atoms with E-state index in [1.165, 1.54) is 39.2 Å². The highest BCUT2D eigenvalue weighted by Crippen LogP contribution is 2.25. The number of methoxy groups -OCH3 is 1. The van der Waals surface area contributed by atoms with E-state index in [1.807, 2.05) is 0 Å². The lowest BCUT2D eigenvalue weighted by Gasteiger charge is -2.31. The number of carbonyl (C=O) groups excluding carboxylic acids is 3. The van der Waals surface area contributed by atoms with E-state index in [4.69, 9.17) is 21.1 Å². The first-order valence-corrected chi connectivity index (χ1v) is 6.99. The first-order chi connectivity index (χ1) is 10.7. The molecule has 0 radical (unpaired) electrons. The van der Waals surface area contributed by atoms with Gasteiger partial charge in [0, 0.05) is 20.1 Å². The summed E-state index contributed by atoms with van der Waals surface area (Å²) in [5, 5.41) is 0.140. The molecule has 0 amide bonds. The molecule has 1 fully saturated rings. The summed E-state index contributed by atoms with van der Waals surface area (Å²) in [6, 6.07) is 4.34. The lowest BCUT2D eigenvalue weighted by molar-refractivity contribution is -0.235. The van der Waals surface area contributed by atoms with Crippen molar-refractivity contribution in [1.82, 2.24) is 0 Å². The van der Waals surface area contributed by atoms with Crippen LogP contribution in [0.25, 0.3) is 0 Å². The van der Waals surface area contributed by atoms with Crippen molar-refractivity contribution in [2.24, 2.45) is 10.9 Å². The quantitative estimate of drug-likeness (QED) is 0.476. The van der Waals surface area contributed by atoms with Crippen molar-refractivity contribution in [2.45, 2.75) is 19.6 Å². The molecule has 0 saturated carbocycles. The number of benzene rings is 1. The summed E-state index contributed by atoms with van der Waals surface area (Å²) in [4.78, 5) is 39.0. The van der Waals surface area contributed by atoms with Gasteiger partial charge in [0.1, 0.15) is 0 Å². The lowest BCUT2D eigenvalue weighted by Crippen LogP contribution is -2.46. The Balaban J connectivity index is 2.17. The molecule has 23 heavy (non-hydrogen) atoms. The van der Waals surface area contributed by atoms with Crippen molar-refractivity contribution < 1.29 is 28.6 Å². The monoisotopic (exact) mass is 339 g/mol. The average molecular weight is 340 g/mol. The summed E-state index contributed by atoms with van der Waals surface area (Å²) in [6.07, 6.45) is 1.11. The predicted molar refractivity (Wildman–Crippen MR) is 80.7 cm³/mol. The van der Waals surface area contributed by atoms with Gasteiger partial charge in [-0.05, 0) is 18.2 Å². The van der Waals surface area contributed by atoms with E-state index in [1.54, 1.807) is 0 Å². The highest BCUT2D eigenvalue weighted by Gasteiger charge is 2.42. The van der Waals surface area contributed by atoms with Gasteiger partial charge in [0.15, 0.2) is 5.92 Å². The van der Waals surface area contributed by atoms with E-state index in [-0.39, 0.29) is 10.6 Å². The predicted octanol–water partition coefficient (Wildman–Crippen LogP) is 2.28. The smallest absolute Gasteiger partial charge is 0.339 e. The Morgan fingerprint density at radius 1 is 1.30 bits per heavy atom. The van der Waals surface area contributed by atoms with Gasteiger partial charge in [0.25, 0.3) is 5.79 Å². The SMILES string of the molecule is COC(=O)c1ccc(N=CC2C(=O)OC(C)(C)OC2=O)cc1Cl. The second-order valence-corrected chi connectivity index (χ2v) is 5.56. The van der Waals surface area contributed by atoms with Crippen LogP contribution in [-0.2, 0) is 23.8 Å². The van der Waals surface area contributed by atoms with Crippen LogP contribution in [0.3, 0.4) is 0 Å². The molecular formula is C15H14ClNO6. The fourth-order valence-electron chi connectivity index (χ4n) is 1.87. The van der Waals surface area contributed by atoms with Crippen molar-refractivity contribution in [3.8, 4) is 0 Å². The Labute approximate surface area is 137 Å². The van der Waals surface area contributed by atoms with E-state index in [0.717, 1.165) is 6.21 Å². The van der Waals surface area contributed by atoms with Crippen molar-refractivity contribution in [3.05, 3.63) is 28.8 Å². The fraction of sp³-hybridized carbons (Fsp3) is 0.333. The highest BCUT2D eigenvalue weighted by atomic mass is 35.5. The van der Waals surface area contributed by atoms with Crippen molar-refractivity contribution in [2.75, 3.05) is 7.11 Å². The van der Waals surface area contributed by atoms with Crippen molar-refractivity contribution in [3.63, 3.8) is 0 Å². The first kappa shape index (κ1) is 17.0. The fourth-order valence-corrected chi connectivity index (χ4v) is 2.12. The minimum absolute atomic E-state index is 0.140. The number of ether oxygens (including phenoxy) is 3. The molecule has 2 rings (SSSR count). The molecule has 1 aliphatic heterocycles. The molecule has 1 aromatic rings. The number of aliphatic imine (C=N–C) groups is 1. The van der Waals surface area contributed by atoms with Gasteiger partial charge >= 0.3 is 17.9 Å². The Morgan fingerprint density at radius 3 is 2.43 bits per heavy atom. The summed E-state index contributed by atoms with van der Waals surface area (Å²) < 4.78 is 14.5. The number of cyclic esters (lactones) is 2. The maximum Gasteiger partial charge on any atom is 0.339 e. The van der Waals surface area contributed by atoms with Crippen molar-refractivity contribution in [1.29, 1.82) is 0 Å². The third-order valence-electron chi connectivity index (χ3n) is 2.93. The Bertz CT molecular complexity index is 677. The van der Waals surface area contributed by atoms with Gasteiger partial charge in [-0.3, -0.25) is 14.6 Å². The molecule has 0 atom stereocenters. The summed E-state index contributed by atoms with van der Waals surface area (Å²) in [6.45, 7) is 2.92. The van der Waals surface area contributed by atoms with Gasteiger partial charge in [0.2, 0.25) is 0 Å². The molecule has 8 heteroatoms. The molecule has 0 N–H and O–H groups in total. The number of halogens is 1. The van der Waals surface area contributed by atoms with Crippen LogP contribution in [0.1, 0.15) is 24.2 Å². The zero-order valence-electron chi connectivity index (χ0n) is 12.7. The lowest BCUT2D eigenvalue weighted by atomic mass is 10.1. The van der Waals surface area contributed by atoms with Gasteiger partial charge in [-0.15, -0.1) is 0 Å². The van der Waals surface area contributed by atoms with Gasteiger partial charge < -0.3 is 14.2 Å². The maximum atomic E-state index is 11.8. The van der Waals surface area contributed by atoms with E-state index in [9.17, 15) is 14.4 Å². The number of rotatable bonds is 3. The third-order valence-corrected chi connectivity index (χ3v) is 3.24. The molecule has 122 valence electrons. The summed E-state index contributed by atoms with van der Waals surface area (Å²) in [7, 11) is 1.24. The normalized spacial score (nSPS) is 17.7. The first-order valence-electron chi connectivity index (χ1n) is 6.61. The van der Waals surface area contributed by atoms with Crippen LogP contribution in [0.2, 0.25) is 5.02 Å². The number of hydrogen-bond acceptors (Lipinski definition) is 7.